The highest BCUT2D eigenvalue weighted by atomic mass is 16.1. The maximum Gasteiger partial charge on any atom is 0.150 e. The zero-order valence-electron chi connectivity index (χ0n) is 8.49. The Morgan fingerprint density at radius 3 is 2.14 bits per heavy atom. The Morgan fingerprint density at radius 1 is 1.36 bits per heavy atom. The summed E-state index contributed by atoms with van der Waals surface area (Å²) in [6, 6.07) is 9.10. The summed E-state index contributed by atoms with van der Waals surface area (Å²) < 4.78 is 0. The van der Waals surface area contributed by atoms with Gasteiger partial charge >= 0.3 is 0 Å². The topological polar surface area (TPSA) is 46.2 Å². The van der Waals surface area contributed by atoms with Gasteiger partial charge in [0.25, 0.3) is 0 Å². The van der Waals surface area contributed by atoms with Gasteiger partial charge in [-0.2, -0.15) is 0 Å². The van der Waals surface area contributed by atoms with E-state index in [0.29, 0.717) is 6.54 Å². The summed E-state index contributed by atoms with van der Waals surface area (Å²) in [5.41, 5.74) is 0.729. The molecule has 0 amide bonds. The number of ketones is 1. The Kier molecular flexibility index (Phi) is 7.27. The fraction of sp³-hybridized carbons (Fsp3) is 0.273. The number of likely N-dealkylation sites (N-methyl/N-ethyl adjacent to an activating group) is 1. The molecule has 14 heavy (non-hydrogen) atoms. The molecule has 0 atom stereocenters. The number of Topliss-reactive ketones (excluding diaryl/α,β-unsaturated/α-hetero) is 1. The number of hydrogen-bond acceptors (Lipinski definition) is 3. The molecule has 0 aromatic heterocycles. The van der Waals surface area contributed by atoms with Gasteiger partial charge < -0.3 is 5.32 Å². The van der Waals surface area contributed by atoms with Crippen LogP contribution in [-0.4, -0.2) is 25.7 Å². The van der Waals surface area contributed by atoms with Crippen molar-refractivity contribution in [1.29, 1.82) is 0 Å². The second-order valence-electron chi connectivity index (χ2n) is 2.76. The highest BCUT2D eigenvalue weighted by Gasteiger charge is 1.82. The van der Waals surface area contributed by atoms with E-state index in [1.54, 1.807) is 26.1 Å². The second-order valence-corrected chi connectivity index (χ2v) is 2.76. The quantitative estimate of drug-likeness (QED) is 0.736. The number of aldehydes is 1. The Labute approximate surface area is 84.1 Å². The lowest BCUT2D eigenvalue weighted by Crippen LogP contribution is -2.14. The maximum absolute atomic E-state index is 10.0. The van der Waals surface area contributed by atoms with Gasteiger partial charge in [0.1, 0.15) is 12.1 Å². The third kappa shape index (κ3) is 7.18. The van der Waals surface area contributed by atoms with Crippen LogP contribution in [0.25, 0.3) is 0 Å². The standard InChI is InChI=1S/C7H6O.C4H9NO/c8-6-7-4-2-1-3-5-7;1-4(6)3-5-2/h1-6H;5H,3H2,1-2H3. The number of carbonyl (C=O) groups is 2. The van der Waals surface area contributed by atoms with E-state index in [0.717, 1.165) is 11.8 Å². The highest BCUT2D eigenvalue weighted by molar-refractivity contribution is 5.77. The molecular formula is C11H15NO2. The maximum atomic E-state index is 10.0. The van der Waals surface area contributed by atoms with Crippen LogP contribution in [0.2, 0.25) is 0 Å². The summed E-state index contributed by atoms with van der Waals surface area (Å²) in [7, 11) is 1.75. The summed E-state index contributed by atoms with van der Waals surface area (Å²) in [5.74, 6) is 0.178. The summed E-state index contributed by atoms with van der Waals surface area (Å²) in [6.45, 7) is 2.04. The van der Waals surface area contributed by atoms with Crippen molar-refractivity contribution in [2.24, 2.45) is 0 Å². The lowest BCUT2D eigenvalue weighted by Gasteiger charge is -1.85. The molecule has 0 bridgehead atoms. The van der Waals surface area contributed by atoms with Crippen molar-refractivity contribution in [3.63, 3.8) is 0 Å². The normalized spacial score (nSPS) is 8.43. The highest BCUT2D eigenvalue weighted by Crippen LogP contribution is 1.91. The van der Waals surface area contributed by atoms with Gasteiger partial charge in [0.2, 0.25) is 0 Å². The Morgan fingerprint density at radius 2 is 1.93 bits per heavy atom. The first kappa shape index (κ1) is 12.5. The van der Waals surface area contributed by atoms with Crippen LogP contribution >= 0.6 is 0 Å². The fourth-order valence-electron chi connectivity index (χ4n) is 0.781. The molecule has 0 aliphatic rings. The Hall–Kier alpha value is -1.48. The van der Waals surface area contributed by atoms with Crippen molar-refractivity contribution in [2.45, 2.75) is 6.92 Å². The molecule has 0 aliphatic heterocycles. The first-order valence-electron chi connectivity index (χ1n) is 4.35. The van der Waals surface area contributed by atoms with E-state index in [-0.39, 0.29) is 5.78 Å². The summed E-state index contributed by atoms with van der Waals surface area (Å²) in [6.07, 6.45) is 0.833. The molecule has 0 spiro atoms. The van der Waals surface area contributed by atoms with E-state index in [4.69, 9.17) is 0 Å². The average Bonchev–Trinajstić information content (AvgIpc) is 2.20. The van der Waals surface area contributed by atoms with Crippen molar-refractivity contribution in [3.05, 3.63) is 35.9 Å². The minimum Gasteiger partial charge on any atom is -0.313 e. The molecule has 3 heteroatoms. The van der Waals surface area contributed by atoms with Crippen LogP contribution in [0.5, 0.6) is 0 Å². The lowest BCUT2D eigenvalue weighted by atomic mass is 10.2. The third-order valence-electron chi connectivity index (χ3n) is 1.36. The minimum atomic E-state index is 0.178. The van der Waals surface area contributed by atoms with Crippen LogP contribution in [0.15, 0.2) is 30.3 Å². The smallest absolute Gasteiger partial charge is 0.150 e. The van der Waals surface area contributed by atoms with Crippen LogP contribution in [0.4, 0.5) is 0 Å². The zero-order chi connectivity index (χ0) is 10.8. The SMILES string of the molecule is CNCC(C)=O.O=Cc1ccccc1. The summed E-state index contributed by atoms with van der Waals surface area (Å²) >= 11 is 0. The monoisotopic (exact) mass is 193 g/mol. The number of nitrogens with one attached hydrogen (secondary N) is 1. The van der Waals surface area contributed by atoms with Crippen molar-refractivity contribution >= 4 is 12.1 Å². The van der Waals surface area contributed by atoms with Crippen LogP contribution in [-0.2, 0) is 4.79 Å². The van der Waals surface area contributed by atoms with Gasteiger partial charge in [-0.25, -0.2) is 0 Å². The van der Waals surface area contributed by atoms with Crippen LogP contribution in [0.3, 0.4) is 0 Å². The molecule has 0 radical (unpaired) electrons. The molecule has 1 rings (SSSR count). The van der Waals surface area contributed by atoms with E-state index in [2.05, 4.69) is 5.32 Å². The van der Waals surface area contributed by atoms with Crippen molar-refractivity contribution in [2.75, 3.05) is 13.6 Å². The molecule has 0 unspecified atom stereocenters. The van der Waals surface area contributed by atoms with Crippen molar-refractivity contribution < 1.29 is 9.59 Å². The van der Waals surface area contributed by atoms with Crippen molar-refractivity contribution in [1.82, 2.24) is 5.32 Å². The van der Waals surface area contributed by atoms with E-state index in [9.17, 15) is 9.59 Å². The van der Waals surface area contributed by atoms with Gasteiger partial charge in [0.15, 0.2) is 0 Å². The molecule has 76 valence electrons. The largest absolute Gasteiger partial charge is 0.313 e. The zero-order valence-corrected chi connectivity index (χ0v) is 8.49. The minimum absolute atomic E-state index is 0.178. The molecule has 1 aromatic carbocycles. The van der Waals surface area contributed by atoms with Gasteiger partial charge in [-0.05, 0) is 14.0 Å². The van der Waals surface area contributed by atoms with Gasteiger partial charge in [-0.15, -0.1) is 0 Å². The van der Waals surface area contributed by atoms with Gasteiger partial charge in [-0.1, -0.05) is 30.3 Å². The second kappa shape index (κ2) is 8.13. The fourth-order valence-corrected chi connectivity index (χ4v) is 0.781. The molecule has 0 saturated carbocycles. The van der Waals surface area contributed by atoms with E-state index in [1.165, 1.54) is 0 Å². The molecular weight excluding hydrogens is 178 g/mol. The van der Waals surface area contributed by atoms with Crippen LogP contribution < -0.4 is 5.32 Å². The van der Waals surface area contributed by atoms with E-state index >= 15 is 0 Å². The lowest BCUT2D eigenvalue weighted by molar-refractivity contribution is -0.116. The number of rotatable bonds is 3. The molecule has 1 aromatic rings. The molecule has 3 nitrogen and oxygen atoms in total. The molecule has 0 aliphatic carbocycles. The van der Waals surface area contributed by atoms with Gasteiger partial charge in [0, 0.05) is 5.56 Å². The van der Waals surface area contributed by atoms with Gasteiger partial charge in [0.05, 0.1) is 6.54 Å². The van der Waals surface area contributed by atoms with Crippen LogP contribution in [0, 0.1) is 0 Å². The molecule has 0 fully saturated rings. The molecule has 0 heterocycles. The Bertz CT molecular complexity index is 270. The molecule has 0 saturated heterocycles. The third-order valence-corrected chi connectivity index (χ3v) is 1.36. The first-order valence-corrected chi connectivity index (χ1v) is 4.35. The summed E-state index contributed by atoms with van der Waals surface area (Å²) in [5, 5.41) is 2.72. The van der Waals surface area contributed by atoms with Gasteiger partial charge in [-0.3, -0.25) is 9.59 Å². The van der Waals surface area contributed by atoms with Crippen LogP contribution in [0.1, 0.15) is 17.3 Å². The number of hydrogen-bond donors (Lipinski definition) is 1. The van der Waals surface area contributed by atoms with E-state index < -0.39 is 0 Å². The number of benzene rings is 1. The predicted molar refractivity (Wildman–Crippen MR) is 56.4 cm³/mol. The van der Waals surface area contributed by atoms with Crippen molar-refractivity contribution in [3.8, 4) is 0 Å². The number of carbonyl (C=O) groups excluding carboxylic acids is 2. The average molecular weight is 193 g/mol. The molecule has 1 N–H and O–H groups in total. The van der Waals surface area contributed by atoms with E-state index in [1.807, 2.05) is 18.2 Å². The summed E-state index contributed by atoms with van der Waals surface area (Å²) in [4.78, 5) is 20.0. The first-order chi connectivity index (χ1) is 6.70. The Balaban J connectivity index is 0.000000255. The predicted octanol–water partition coefficient (Wildman–Crippen LogP) is 1.29.